The quantitative estimate of drug-likeness (QED) is 0.257. The number of nitro groups is 1. The minimum atomic E-state index is -4.19. The number of ether oxygens (including phenoxy) is 2. The number of benzene rings is 3. The molecule has 0 aromatic heterocycles. The fourth-order valence-electron chi connectivity index (χ4n) is 2.85. The van der Waals surface area contributed by atoms with E-state index in [-0.39, 0.29) is 22.0 Å². The molecule has 0 fully saturated rings. The molecule has 0 aliphatic rings. The molecule has 0 unspecified atom stereocenters. The van der Waals surface area contributed by atoms with Gasteiger partial charge in [0, 0.05) is 23.4 Å². The van der Waals surface area contributed by atoms with Gasteiger partial charge in [-0.1, -0.05) is 12.1 Å². The molecule has 0 heterocycles. The monoisotopic (exact) mass is 470 g/mol. The zero-order valence-corrected chi connectivity index (χ0v) is 18.7. The lowest BCUT2D eigenvalue weighted by atomic mass is 10.2. The minimum absolute atomic E-state index is 0.0618. The molecular weight excluding hydrogens is 448 g/mol. The van der Waals surface area contributed by atoms with E-state index in [0.29, 0.717) is 23.7 Å². The smallest absolute Gasteiger partial charge is 0.270 e. The van der Waals surface area contributed by atoms with Crippen LogP contribution in [0.25, 0.3) is 0 Å². The van der Waals surface area contributed by atoms with Gasteiger partial charge in [0.05, 0.1) is 30.5 Å². The van der Waals surface area contributed by atoms with E-state index >= 15 is 0 Å². The fraction of sp³-hybridized carbons (Fsp3) is 0.136. The number of hydrogen-bond donors (Lipinski definition) is 2. The highest BCUT2D eigenvalue weighted by Crippen LogP contribution is 2.29. The summed E-state index contributed by atoms with van der Waals surface area (Å²) in [5.41, 5.74) is 3.29. The van der Waals surface area contributed by atoms with Crippen LogP contribution >= 0.6 is 0 Å². The highest BCUT2D eigenvalue weighted by molar-refractivity contribution is 7.92. The summed E-state index contributed by atoms with van der Waals surface area (Å²) in [5.74, 6) is 1.17. The summed E-state index contributed by atoms with van der Waals surface area (Å²) in [6, 6.07) is 16.9. The second-order valence-corrected chi connectivity index (χ2v) is 8.26. The largest absolute Gasteiger partial charge is 0.497 e. The molecule has 0 radical (unpaired) electrons. The Morgan fingerprint density at radius 1 is 1.09 bits per heavy atom. The Balaban J connectivity index is 1.92. The van der Waals surface area contributed by atoms with E-state index in [1.807, 2.05) is 19.1 Å². The summed E-state index contributed by atoms with van der Waals surface area (Å²) in [6.07, 6.45) is 1.47. The van der Waals surface area contributed by atoms with Gasteiger partial charge in [0.25, 0.3) is 15.7 Å². The maximum Gasteiger partial charge on any atom is 0.270 e. The molecule has 172 valence electrons. The number of nitrogens with zero attached hydrogens (tertiary/aromatic N) is 2. The van der Waals surface area contributed by atoms with Crippen molar-refractivity contribution in [1.82, 2.24) is 0 Å². The van der Waals surface area contributed by atoms with Gasteiger partial charge in [0.2, 0.25) is 0 Å². The molecule has 33 heavy (non-hydrogen) atoms. The number of nitrogens with one attached hydrogen (secondary N) is 2. The average molecular weight is 471 g/mol. The molecule has 2 N–H and O–H groups in total. The van der Waals surface area contributed by atoms with E-state index in [9.17, 15) is 18.5 Å². The number of non-ortho nitro benzene ring substituents is 1. The van der Waals surface area contributed by atoms with Gasteiger partial charge in [-0.05, 0) is 49.4 Å². The molecule has 3 aromatic carbocycles. The molecule has 3 rings (SSSR count). The Morgan fingerprint density at radius 2 is 1.82 bits per heavy atom. The van der Waals surface area contributed by atoms with Gasteiger partial charge < -0.3 is 9.47 Å². The van der Waals surface area contributed by atoms with Crippen LogP contribution in [0.1, 0.15) is 12.5 Å². The van der Waals surface area contributed by atoms with Gasteiger partial charge in [0.15, 0.2) is 0 Å². The summed E-state index contributed by atoms with van der Waals surface area (Å²) in [7, 11) is -2.69. The highest BCUT2D eigenvalue weighted by atomic mass is 32.2. The average Bonchev–Trinajstić information content (AvgIpc) is 2.80. The van der Waals surface area contributed by atoms with Crippen LogP contribution in [0.4, 0.5) is 17.1 Å². The van der Waals surface area contributed by atoms with Crippen molar-refractivity contribution in [3.63, 3.8) is 0 Å². The number of hydrogen-bond acceptors (Lipinski definition) is 8. The van der Waals surface area contributed by atoms with Crippen LogP contribution in [-0.4, -0.2) is 33.3 Å². The van der Waals surface area contributed by atoms with Crippen molar-refractivity contribution in [3.05, 3.63) is 82.4 Å². The van der Waals surface area contributed by atoms with Crippen molar-refractivity contribution in [1.29, 1.82) is 0 Å². The van der Waals surface area contributed by atoms with Crippen molar-refractivity contribution in [2.45, 2.75) is 11.8 Å². The van der Waals surface area contributed by atoms with E-state index in [1.165, 1.54) is 37.6 Å². The molecule has 3 aromatic rings. The summed E-state index contributed by atoms with van der Waals surface area (Å²) in [4.78, 5) is 10.2. The minimum Gasteiger partial charge on any atom is -0.497 e. The predicted octanol–water partition coefficient (Wildman–Crippen LogP) is 4.25. The summed E-state index contributed by atoms with van der Waals surface area (Å²) < 4.78 is 39.1. The van der Waals surface area contributed by atoms with Gasteiger partial charge in [0.1, 0.15) is 16.4 Å². The van der Waals surface area contributed by atoms with Gasteiger partial charge in [-0.15, -0.1) is 0 Å². The zero-order chi connectivity index (χ0) is 23.8. The fourth-order valence-corrected chi connectivity index (χ4v) is 4.09. The number of sulfonamides is 1. The van der Waals surface area contributed by atoms with Crippen LogP contribution in [0.2, 0.25) is 0 Å². The van der Waals surface area contributed by atoms with Crippen LogP contribution in [0.3, 0.4) is 0 Å². The summed E-state index contributed by atoms with van der Waals surface area (Å²) in [5, 5.41) is 15.3. The van der Waals surface area contributed by atoms with Gasteiger partial charge >= 0.3 is 0 Å². The molecule has 0 aliphatic heterocycles. The number of para-hydroxylation sites is 1. The lowest BCUT2D eigenvalue weighted by molar-refractivity contribution is -0.385. The first-order valence-corrected chi connectivity index (χ1v) is 11.3. The van der Waals surface area contributed by atoms with E-state index < -0.39 is 14.9 Å². The first-order valence-electron chi connectivity index (χ1n) is 9.80. The van der Waals surface area contributed by atoms with Crippen LogP contribution in [0.5, 0.6) is 11.5 Å². The third-order valence-corrected chi connectivity index (χ3v) is 5.84. The topological polar surface area (TPSA) is 132 Å². The molecule has 0 saturated carbocycles. The van der Waals surface area contributed by atoms with Gasteiger partial charge in [-0.25, -0.2) is 8.42 Å². The molecular formula is C22H22N4O6S. The summed E-state index contributed by atoms with van der Waals surface area (Å²) in [6.45, 7) is 2.33. The second kappa shape index (κ2) is 10.5. The molecule has 0 amide bonds. The SMILES string of the molecule is CCOc1ccccc1/C=N/Nc1ccc([N+](=O)[O-])cc1S(=O)(=O)Nc1ccc(OC)cc1. The third kappa shape index (κ3) is 5.98. The predicted molar refractivity (Wildman–Crippen MR) is 126 cm³/mol. The van der Waals surface area contributed by atoms with E-state index in [0.717, 1.165) is 6.07 Å². The standard InChI is InChI=1S/C22H22N4O6S/c1-3-32-21-7-5-4-6-16(21)15-23-24-20-13-10-18(26(27)28)14-22(20)33(29,30)25-17-8-11-19(31-2)12-9-17/h4-15,24-25H,3H2,1-2H3/b23-15+. The van der Waals surface area contributed by atoms with E-state index in [1.54, 1.807) is 24.3 Å². The number of nitro benzene ring substituents is 1. The van der Waals surface area contributed by atoms with Crippen molar-refractivity contribution in [3.8, 4) is 11.5 Å². The lowest BCUT2D eigenvalue weighted by Crippen LogP contribution is -2.15. The maximum atomic E-state index is 13.0. The molecule has 0 atom stereocenters. The first-order chi connectivity index (χ1) is 15.8. The third-order valence-electron chi connectivity index (χ3n) is 4.42. The van der Waals surface area contributed by atoms with Crippen LogP contribution in [0, 0.1) is 10.1 Å². The maximum absolute atomic E-state index is 13.0. The van der Waals surface area contributed by atoms with Crippen molar-refractivity contribution < 1.29 is 22.8 Å². The summed E-state index contributed by atoms with van der Waals surface area (Å²) >= 11 is 0. The Kier molecular flexibility index (Phi) is 7.46. The Hall–Kier alpha value is -4.12. The molecule has 0 bridgehead atoms. The Bertz CT molecular complexity index is 1260. The van der Waals surface area contributed by atoms with E-state index in [2.05, 4.69) is 15.2 Å². The normalized spacial score (nSPS) is 11.2. The van der Waals surface area contributed by atoms with Crippen LogP contribution in [-0.2, 0) is 10.0 Å². The van der Waals surface area contributed by atoms with Gasteiger partial charge in [-0.2, -0.15) is 5.10 Å². The number of anilines is 2. The lowest BCUT2D eigenvalue weighted by Gasteiger charge is -2.12. The number of methoxy groups -OCH3 is 1. The molecule has 0 saturated heterocycles. The molecule has 0 spiro atoms. The second-order valence-electron chi connectivity index (χ2n) is 6.61. The van der Waals surface area contributed by atoms with Crippen molar-refractivity contribution >= 4 is 33.3 Å². The molecule has 10 nitrogen and oxygen atoms in total. The van der Waals surface area contributed by atoms with E-state index in [4.69, 9.17) is 9.47 Å². The Labute approximate surface area is 191 Å². The number of rotatable bonds is 10. The Morgan fingerprint density at radius 3 is 2.48 bits per heavy atom. The molecule has 0 aliphatic carbocycles. The van der Waals surface area contributed by atoms with Crippen LogP contribution in [0.15, 0.2) is 76.7 Å². The zero-order valence-electron chi connectivity index (χ0n) is 17.9. The molecule has 11 heteroatoms. The number of hydrazone groups is 1. The van der Waals surface area contributed by atoms with Crippen molar-refractivity contribution in [2.24, 2.45) is 5.10 Å². The van der Waals surface area contributed by atoms with Crippen molar-refractivity contribution in [2.75, 3.05) is 23.9 Å². The first kappa shape index (κ1) is 23.5. The highest BCUT2D eigenvalue weighted by Gasteiger charge is 2.22. The van der Waals surface area contributed by atoms with Crippen LogP contribution < -0.4 is 19.6 Å². The van der Waals surface area contributed by atoms with Gasteiger partial charge in [-0.3, -0.25) is 20.3 Å².